The molecule has 3 aromatic rings. The number of amides is 1. The number of carbonyl (C=O) groups is 1. The molecule has 2 aromatic carbocycles. The first kappa shape index (κ1) is 18.3. The summed E-state index contributed by atoms with van der Waals surface area (Å²) < 4.78 is 10.9. The van der Waals surface area contributed by atoms with Crippen LogP contribution in [0.4, 0.5) is 10.5 Å². The summed E-state index contributed by atoms with van der Waals surface area (Å²) in [6, 6.07) is 11.8. The van der Waals surface area contributed by atoms with E-state index >= 15 is 0 Å². The fraction of sp³-hybridized carbons (Fsp3) is 0.364. The Hall–Kier alpha value is -3.02. The number of H-pyrrole nitrogens is 1. The molecule has 0 aliphatic carbocycles. The summed E-state index contributed by atoms with van der Waals surface area (Å²) in [4.78, 5) is 22.4. The van der Waals surface area contributed by atoms with Gasteiger partial charge in [0.25, 0.3) is 0 Å². The van der Waals surface area contributed by atoms with Gasteiger partial charge in [-0.3, -0.25) is 4.90 Å². The molecular weight excluding hydrogens is 354 g/mol. The zero-order valence-corrected chi connectivity index (χ0v) is 16.7. The number of imidazole rings is 1. The van der Waals surface area contributed by atoms with Crippen LogP contribution in [0.15, 0.2) is 36.4 Å². The zero-order valence-electron chi connectivity index (χ0n) is 16.7. The number of hydrogen-bond donors (Lipinski definition) is 1. The van der Waals surface area contributed by atoms with Crippen LogP contribution in [0, 0.1) is 0 Å². The Kier molecular flexibility index (Phi) is 4.49. The Balaban J connectivity index is 1.81. The maximum Gasteiger partial charge on any atom is 0.415 e. The maximum absolute atomic E-state index is 12.6. The van der Waals surface area contributed by atoms with Crippen molar-refractivity contribution in [2.75, 3.05) is 18.6 Å². The molecule has 0 radical (unpaired) electrons. The Morgan fingerprint density at radius 3 is 2.64 bits per heavy atom. The number of unbranched alkanes of at least 4 members (excludes halogenated alkanes) is 1. The second-order valence-corrected chi connectivity index (χ2v) is 7.58. The Bertz CT molecular complexity index is 1020. The van der Waals surface area contributed by atoms with Gasteiger partial charge in [0.2, 0.25) is 0 Å². The van der Waals surface area contributed by atoms with Gasteiger partial charge >= 0.3 is 6.09 Å². The zero-order chi connectivity index (χ0) is 19.9. The van der Waals surface area contributed by atoms with Crippen molar-refractivity contribution in [2.24, 2.45) is 0 Å². The van der Waals surface area contributed by atoms with Gasteiger partial charge in [0.15, 0.2) is 0 Å². The first-order valence-corrected chi connectivity index (χ1v) is 9.62. The molecule has 1 aliphatic rings. The normalized spacial score (nSPS) is 15.4. The molecule has 0 bridgehead atoms. The van der Waals surface area contributed by atoms with Crippen molar-refractivity contribution in [3.63, 3.8) is 0 Å². The molecule has 6 heteroatoms. The number of rotatable bonds is 5. The van der Waals surface area contributed by atoms with E-state index in [1.807, 2.05) is 44.2 Å². The van der Waals surface area contributed by atoms with Gasteiger partial charge in [-0.25, -0.2) is 9.78 Å². The van der Waals surface area contributed by atoms with Gasteiger partial charge in [-0.1, -0.05) is 13.3 Å². The van der Waals surface area contributed by atoms with Crippen LogP contribution in [0.5, 0.6) is 5.75 Å². The van der Waals surface area contributed by atoms with Crippen molar-refractivity contribution in [1.82, 2.24) is 9.97 Å². The Morgan fingerprint density at radius 2 is 1.96 bits per heavy atom. The van der Waals surface area contributed by atoms with Gasteiger partial charge in [0.1, 0.15) is 17.2 Å². The lowest BCUT2D eigenvalue weighted by atomic mass is 9.93. The SMILES string of the molecule is CCCCN1C(=O)OC(C)(C)c2cc3[nH]c(-c4ccc(OC)cc4)nc3cc21. The van der Waals surface area contributed by atoms with Gasteiger partial charge in [-0.2, -0.15) is 0 Å². The molecule has 28 heavy (non-hydrogen) atoms. The smallest absolute Gasteiger partial charge is 0.415 e. The minimum Gasteiger partial charge on any atom is -0.497 e. The number of methoxy groups -OCH3 is 1. The molecule has 0 saturated heterocycles. The third kappa shape index (κ3) is 3.09. The van der Waals surface area contributed by atoms with E-state index in [0.717, 1.165) is 52.3 Å². The van der Waals surface area contributed by atoms with Crippen molar-refractivity contribution in [2.45, 2.75) is 39.2 Å². The van der Waals surface area contributed by atoms with Gasteiger partial charge in [-0.05, 0) is 56.7 Å². The molecule has 1 amide bonds. The van der Waals surface area contributed by atoms with E-state index in [0.29, 0.717) is 6.54 Å². The third-order valence-electron chi connectivity index (χ3n) is 5.20. The number of hydrogen-bond acceptors (Lipinski definition) is 4. The highest BCUT2D eigenvalue weighted by atomic mass is 16.6. The van der Waals surface area contributed by atoms with Crippen LogP contribution in [0.1, 0.15) is 39.2 Å². The quantitative estimate of drug-likeness (QED) is 0.659. The standard InChI is InChI=1S/C22H25N3O3/c1-5-6-11-25-19-13-18-17(12-16(19)22(2,3)28-21(25)26)23-20(24-18)14-7-9-15(27-4)10-8-14/h7-10,12-13H,5-6,11H2,1-4H3,(H,23,24). The molecule has 4 rings (SSSR count). The number of aromatic nitrogens is 2. The molecule has 0 saturated carbocycles. The molecule has 146 valence electrons. The number of benzene rings is 2. The number of cyclic esters (lactones) is 1. The van der Waals surface area contributed by atoms with Crippen molar-refractivity contribution in [3.05, 3.63) is 42.0 Å². The number of aromatic amines is 1. The summed E-state index contributed by atoms with van der Waals surface area (Å²) in [7, 11) is 1.65. The summed E-state index contributed by atoms with van der Waals surface area (Å²) in [5.74, 6) is 1.59. The van der Waals surface area contributed by atoms with Crippen molar-refractivity contribution >= 4 is 22.8 Å². The lowest BCUT2D eigenvalue weighted by Gasteiger charge is -2.38. The highest BCUT2D eigenvalue weighted by molar-refractivity contribution is 5.95. The largest absolute Gasteiger partial charge is 0.497 e. The second-order valence-electron chi connectivity index (χ2n) is 7.58. The van der Waals surface area contributed by atoms with Gasteiger partial charge < -0.3 is 14.5 Å². The van der Waals surface area contributed by atoms with Gasteiger partial charge in [-0.15, -0.1) is 0 Å². The number of nitrogens with zero attached hydrogens (tertiary/aromatic N) is 2. The molecule has 1 aliphatic heterocycles. The van der Waals surface area contributed by atoms with Gasteiger partial charge in [0.05, 0.1) is 23.8 Å². The minimum atomic E-state index is -0.686. The van der Waals surface area contributed by atoms with E-state index in [-0.39, 0.29) is 6.09 Å². The van der Waals surface area contributed by atoms with E-state index in [9.17, 15) is 4.79 Å². The van der Waals surface area contributed by atoms with E-state index in [2.05, 4.69) is 18.0 Å². The summed E-state index contributed by atoms with van der Waals surface area (Å²) in [6.45, 7) is 6.60. The first-order valence-electron chi connectivity index (χ1n) is 9.62. The van der Waals surface area contributed by atoms with E-state index < -0.39 is 5.60 Å². The summed E-state index contributed by atoms with van der Waals surface area (Å²) in [6.07, 6.45) is 1.63. The van der Waals surface area contributed by atoms with E-state index in [1.54, 1.807) is 12.0 Å². The lowest BCUT2D eigenvalue weighted by molar-refractivity contribution is 0.0351. The lowest BCUT2D eigenvalue weighted by Crippen LogP contribution is -2.43. The second kappa shape index (κ2) is 6.86. The maximum atomic E-state index is 12.6. The molecule has 1 N–H and O–H groups in total. The Labute approximate surface area is 164 Å². The predicted molar refractivity (Wildman–Crippen MR) is 110 cm³/mol. The number of anilines is 1. The fourth-order valence-electron chi connectivity index (χ4n) is 3.59. The minimum absolute atomic E-state index is 0.295. The number of nitrogens with one attached hydrogen (secondary N) is 1. The van der Waals surface area contributed by atoms with Crippen molar-refractivity contribution < 1.29 is 14.3 Å². The van der Waals surface area contributed by atoms with Crippen LogP contribution in [0.3, 0.4) is 0 Å². The molecule has 0 unspecified atom stereocenters. The van der Waals surface area contributed by atoms with Crippen LogP contribution in [0.25, 0.3) is 22.4 Å². The molecule has 0 fully saturated rings. The number of carbonyl (C=O) groups excluding carboxylic acids is 1. The van der Waals surface area contributed by atoms with Crippen LogP contribution < -0.4 is 9.64 Å². The molecule has 0 spiro atoms. The molecule has 2 heterocycles. The van der Waals surface area contributed by atoms with E-state index in [1.165, 1.54) is 0 Å². The summed E-state index contributed by atoms with van der Waals surface area (Å²) >= 11 is 0. The predicted octanol–water partition coefficient (Wildman–Crippen LogP) is 5.23. The van der Waals surface area contributed by atoms with Gasteiger partial charge in [0, 0.05) is 17.7 Å². The van der Waals surface area contributed by atoms with Crippen LogP contribution in [0.2, 0.25) is 0 Å². The third-order valence-corrected chi connectivity index (χ3v) is 5.20. The topological polar surface area (TPSA) is 67.5 Å². The number of fused-ring (bicyclic) bond motifs is 2. The van der Waals surface area contributed by atoms with Crippen LogP contribution in [-0.4, -0.2) is 29.7 Å². The summed E-state index contributed by atoms with van der Waals surface area (Å²) in [5.41, 5.74) is 3.91. The monoisotopic (exact) mass is 379 g/mol. The van der Waals surface area contributed by atoms with Crippen molar-refractivity contribution in [3.8, 4) is 17.1 Å². The van der Waals surface area contributed by atoms with Crippen molar-refractivity contribution in [1.29, 1.82) is 0 Å². The molecule has 1 aromatic heterocycles. The molecule has 6 nitrogen and oxygen atoms in total. The highest BCUT2D eigenvalue weighted by Crippen LogP contribution is 2.41. The number of ether oxygens (including phenoxy) is 2. The average molecular weight is 379 g/mol. The van der Waals surface area contributed by atoms with Crippen LogP contribution >= 0.6 is 0 Å². The summed E-state index contributed by atoms with van der Waals surface area (Å²) in [5, 5.41) is 0. The highest BCUT2D eigenvalue weighted by Gasteiger charge is 2.38. The molecule has 0 atom stereocenters. The average Bonchev–Trinajstić information content (AvgIpc) is 3.09. The first-order chi connectivity index (χ1) is 13.4. The van der Waals surface area contributed by atoms with E-state index in [4.69, 9.17) is 14.5 Å². The molecular formula is C22H25N3O3. The fourth-order valence-corrected chi connectivity index (χ4v) is 3.59. The Morgan fingerprint density at radius 1 is 1.21 bits per heavy atom. The van der Waals surface area contributed by atoms with Crippen LogP contribution in [-0.2, 0) is 10.3 Å².